The number of amides is 2. The molecule has 6 nitrogen and oxygen atoms in total. The summed E-state index contributed by atoms with van der Waals surface area (Å²) in [6, 6.07) is 14.4. The molecule has 2 rings (SSSR count). The lowest BCUT2D eigenvalue weighted by Crippen LogP contribution is -2.23. The first-order valence-electron chi connectivity index (χ1n) is 9.08. The highest BCUT2D eigenvalue weighted by Crippen LogP contribution is 2.18. The van der Waals surface area contributed by atoms with Crippen LogP contribution in [0.2, 0.25) is 0 Å². The first kappa shape index (κ1) is 20.3. The molecule has 0 bridgehead atoms. The van der Waals surface area contributed by atoms with Crippen LogP contribution in [0.3, 0.4) is 0 Å². The Labute approximate surface area is 160 Å². The molecule has 2 aromatic carbocycles. The van der Waals surface area contributed by atoms with Crippen LogP contribution in [0.1, 0.15) is 30.1 Å². The van der Waals surface area contributed by atoms with Crippen LogP contribution < -0.4 is 15.4 Å². The van der Waals surface area contributed by atoms with Gasteiger partial charge in [-0.1, -0.05) is 25.5 Å². The van der Waals surface area contributed by atoms with Crippen LogP contribution in [0.5, 0.6) is 5.75 Å². The lowest BCUT2D eigenvalue weighted by Gasteiger charge is -2.12. The van der Waals surface area contributed by atoms with E-state index in [4.69, 9.17) is 4.74 Å². The first-order valence-corrected chi connectivity index (χ1v) is 9.08. The standard InChI is InChI=1S/C21H27N3O3/c1-4-5-12-27-19-11-7-9-17(14-19)22-15-20(25)23-18-10-6-8-16(13-18)21(26)24(2)3/h6-11,13-14,22H,4-5,12,15H2,1-3H3,(H,23,25). The Morgan fingerprint density at radius 3 is 2.52 bits per heavy atom. The Morgan fingerprint density at radius 1 is 1.04 bits per heavy atom. The second-order valence-corrected chi connectivity index (χ2v) is 6.41. The van der Waals surface area contributed by atoms with Gasteiger partial charge in [-0.2, -0.15) is 0 Å². The number of ether oxygens (including phenoxy) is 1. The zero-order valence-corrected chi connectivity index (χ0v) is 16.1. The first-order chi connectivity index (χ1) is 13.0. The van der Waals surface area contributed by atoms with E-state index in [2.05, 4.69) is 17.6 Å². The van der Waals surface area contributed by atoms with E-state index >= 15 is 0 Å². The predicted octanol–water partition coefficient (Wildman–Crippen LogP) is 3.62. The second kappa shape index (κ2) is 10.2. The molecular formula is C21H27N3O3. The van der Waals surface area contributed by atoms with E-state index < -0.39 is 0 Å². The van der Waals surface area contributed by atoms with Crippen LogP contribution >= 0.6 is 0 Å². The minimum Gasteiger partial charge on any atom is -0.494 e. The van der Waals surface area contributed by atoms with Gasteiger partial charge in [-0.15, -0.1) is 0 Å². The number of nitrogens with one attached hydrogen (secondary N) is 2. The molecule has 0 aliphatic rings. The SMILES string of the molecule is CCCCOc1cccc(NCC(=O)Nc2cccc(C(=O)N(C)C)c2)c1. The average molecular weight is 369 g/mol. The molecule has 0 aliphatic heterocycles. The summed E-state index contributed by atoms with van der Waals surface area (Å²) >= 11 is 0. The number of nitrogens with zero attached hydrogens (tertiary/aromatic N) is 1. The van der Waals surface area contributed by atoms with Crippen molar-refractivity contribution in [1.82, 2.24) is 4.90 Å². The molecule has 0 aromatic heterocycles. The van der Waals surface area contributed by atoms with Crippen LogP contribution in [0.25, 0.3) is 0 Å². The summed E-state index contributed by atoms with van der Waals surface area (Å²) in [6.45, 7) is 2.92. The van der Waals surface area contributed by atoms with Gasteiger partial charge in [0.15, 0.2) is 0 Å². The van der Waals surface area contributed by atoms with Gasteiger partial charge in [0.05, 0.1) is 13.2 Å². The Balaban J connectivity index is 1.88. The molecule has 0 fully saturated rings. The highest BCUT2D eigenvalue weighted by Gasteiger charge is 2.09. The average Bonchev–Trinajstić information content (AvgIpc) is 2.66. The summed E-state index contributed by atoms with van der Waals surface area (Å²) in [5.74, 6) is 0.481. The normalized spacial score (nSPS) is 10.2. The summed E-state index contributed by atoms with van der Waals surface area (Å²) in [7, 11) is 3.38. The maximum absolute atomic E-state index is 12.2. The van der Waals surface area contributed by atoms with Crippen molar-refractivity contribution in [1.29, 1.82) is 0 Å². The van der Waals surface area contributed by atoms with Crippen LogP contribution in [0, 0.1) is 0 Å². The summed E-state index contributed by atoms with van der Waals surface area (Å²) in [6.07, 6.45) is 2.09. The largest absolute Gasteiger partial charge is 0.494 e. The molecular weight excluding hydrogens is 342 g/mol. The van der Waals surface area contributed by atoms with E-state index in [-0.39, 0.29) is 18.4 Å². The number of carbonyl (C=O) groups excluding carboxylic acids is 2. The quantitative estimate of drug-likeness (QED) is 0.663. The fraction of sp³-hybridized carbons (Fsp3) is 0.333. The van der Waals surface area contributed by atoms with Crippen molar-refractivity contribution in [2.75, 3.05) is 37.9 Å². The fourth-order valence-electron chi connectivity index (χ4n) is 2.41. The number of hydrogen-bond acceptors (Lipinski definition) is 4. The van der Waals surface area contributed by atoms with Crippen molar-refractivity contribution in [3.8, 4) is 5.75 Å². The highest BCUT2D eigenvalue weighted by atomic mass is 16.5. The van der Waals surface area contributed by atoms with Gasteiger partial charge in [-0.05, 0) is 36.8 Å². The molecule has 144 valence electrons. The molecule has 0 atom stereocenters. The van der Waals surface area contributed by atoms with Gasteiger partial charge >= 0.3 is 0 Å². The van der Waals surface area contributed by atoms with E-state index in [9.17, 15) is 9.59 Å². The fourth-order valence-corrected chi connectivity index (χ4v) is 2.41. The van der Waals surface area contributed by atoms with Crippen molar-refractivity contribution in [2.24, 2.45) is 0 Å². The summed E-state index contributed by atoms with van der Waals surface area (Å²) < 4.78 is 5.67. The molecule has 6 heteroatoms. The van der Waals surface area contributed by atoms with E-state index in [1.165, 1.54) is 4.90 Å². The van der Waals surface area contributed by atoms with E-state index in [0.29, 0.717) is 17.9 Å². The third-order valence-corrected chi connectivity index (χ3v) is 3.85. The predicted molar refractivity (Wildman–Crippen MR) is 108 cm³/mol. The third-order valence-electron chi connectivity index (χ3n) is 3.85. The van der Waals surface area contributed by atoms with Crippen molar-refractivity contribution in [3.05, 3.63) is 54.1 Å². The van der Waals surface area contributed by atoms with Crippen molar-refractivity contribution in [3.63, 3.8) is 0 Å². The lowest BCUT2D eigenvalue weighted by atomic mass is 10.2. The summed E-state index contributed by atoms with van der Waals surface area (Å²) in [5, 5.41) is 5.88. The topological polar surface area (TPSA) is 70.7 Å². The minimum atomic E-state index is -0.193. The second-order valence-electron chi connectivity index (χ2n) is 6.41. The number of carbonyl (C=O) groups is 2. The molecule has 2 aromatic rings. The minimum absolute atomic E-state index is 0.107. The molecule has 27 heavy (non-hydrogen) atoms. The van der Waals surface area contributed by atoms with Gasteiger partial charge in [0, 0.05) is 37.1 Å². The van der Waals surface area contributed by atoms with Gasteiger partial charge in [-0.3, -0.25) is 9.59 Å². The van der Waals surface area contributed by atoms with Crippen molar-refractivity contribution >= 4 is 23.2 Å². The van der Waals surface area contributed by atoms with Gasteiger partial charge in [0.25, 0.3) is 5.91 Å². The molecule has 2 N–H and O–H groups in total. The van der Waals surface area contributed by atoms with E-state index in [1.54, 1.807) is 38.4 Å². The molecule has 0 spiro atoms. The highest BCUT2D eigenvalue weighted by molar-refractivity contribution is 5.97. The zero-order valence-electron chi connectivity index (χ0n) is 16.1. The Bertz CT molecular complexity index is 775. The molecule has 0 unspecified atom stereocenters. The van der Waals surface area contributed by atoms with Crippen molar-refractivity contribution in [2.45, 2.75) is 19.8 Å². The Morgan fingerprint density at radius 2 is 1.78 bits per heavy atom. The number of anilines is 2. The van der Waals surface area contributed by atoms with Crippen molar-refractivity contribution < 1.29 is 14.3 Å². The van der Waals surface area contributed by atoms with E-state index in [0.717, 1.165) is 24.3 Å². The molecule has 2 amide bonds. The van der Waals surface area contributed by atoms with Crippen LogP contribution in [0.4, 0.5) is 11.4 Å². The van der Waals surface area contributed by atoms with E-state index in [1.807, 2.05) is 24.3 Å². The molecule has 0 radical (unpaired) electrons. The number of hydrogen-bond donors (Lipinski definition) is 2. The van der Waals surface area contributed by atoms with Gasteiger partial charge in [-0.25, -0.2) is 0 Å². The zero-order chi connectivity index (χ0) is 19.6. The summed E-state index contributed by atoms with van der Waals surface area (Å²) in [4.78, 5) is 25.7. The maximum Gasteiger partial charge on any atom is 0.253 e. The van der Waals surface area contributed by atoms with Crippen LogP contribution in [-0.4, -0.2) is 44.0 Å². The number of unbranched alkanes of at least 4 members (excludes halogenated alkanes) is 1. The van der Waals surface area contributed by atoms with Gasteiger partial charge in [0.1, 0.15) is 5.75 Å². The number of rotatable bonds is 9. The van der Waals surface area contributed by atoms with Gasteiger partial charge < -0.3 is 20.3 Å². The van der Waals surface area contributed by atoms with Crippen LogP contribution in [-0.2, 0) is 4.79 Å². The molecule has 0 saturated heterocycles. The van der Waals surface area contributed by atoms with Gasteiger partial charge in [0.2, 0.25) is 5.91 Å². The molecule has 0 aliphatic carbocycles. The lowest BCUT2D eigenvalue weighted by molar-refractivity contribution is -0.114. The maximum atomic E-state index is 12.2. The Kier molecular flexibility index (Phi) is 7.67. The Hall–Kier alpha value is -3.02. The summed E-state index contributed by atoms with van der Waals surface area (Å²) in [5.41, 5.74) is 1.93. The molecule has 0 saturated carbocycles. The molecule has 0 heterocycles. The van der Waals surface area contributed by atoms with Crippen LogP contribution in [0.15, 0.2) is 48.5 Å². The monoisotopic (exact) mass is 369 g/mol. The smallest absolute Gasteiger partial charge is 0.253 e. The third kappa shape index (κ3) is 6.66. The number of benzene rings is 2.